The molecule has 0 saturated heterocycles. The summed E-state index contributed by atoms with van der Waals surface area (Å²) in [5, 5.41) is 8.89. The fourth-order valence-electron chi connectivity index (χ4n) is 1.61. The molecule has 6 heteroatoms. The number of carbonyl (C=O) groups is 1. The van der Waals surface area contributed by atoms with Crippen molar-refractivity contribution in [3.63, 3.8) is 0 Å². The summed E-state index contributed by atoms with van der Waals surface area (Å²) in [6.07, 6.45) is 0. The summed E-state index contributed by atoms with van der Waals surface area (Å²) in [5.74, 6) is -1.24. The lowest BCUT2D eigenvalue weighted by atomic mass is 10.1. The Kier molecular flexibility index (Phi) is 4.41. The molecule has 0 saturated carbocycles. The van der Waals surface area contributed by atoms with E-state index in [0.29, 0.717) is 5.69 Å². The van der Waals surface area contributed by atoms with Crippen LogP contribution in [0.5, 0.6) is 0 Å². The first-order valence-electron chi connectivity index (χ1n) is 5.92. The van der Waals surface area contributed by atoms with E-state index < -0.39 is 11.8 Å². The Morgan fingerprint density at radius 3 is 2.71 bits per heavy atom. The van der Waals surface area contributed by atoms with Crippen molar-refractivity contribution in [2.45, 2.75) is 6.61 Å². The number of nitriles is 1. The maximum atomic E-state index is 13.6. The highest BCUT2D eigenvalue weighted by Gasteiger charge is 2.11. The van der Waals surface area contributed by atoms with Crippen molar-refractivity contribution in [1.29, 1.82) is 5.26 Å². The summed E-state index contributed by atoms with van der Waals surface area (Å²) in [4.78, 5) is 11.8. The Bertz CT molecular complexity index is 741. The average molecular weight is 305 g/mol. The van der Waals surface area contributed by atoms with Crippen LogP contribution in [0.4, 0.5) is 10.1 Å². The molecule has 106 valence electrons. The zero-order chi connectivity index (χ0) is 15.4. The van der Waals surface area contributed by atoms with Crippen LogP contribution in [-0.4, -0.2) is 5.97 Å². The molecule has 0 unspecified atom stereocenters. The Balaban J connectivity index is 2.07. The van der Waals surface area contributed by atoms with E-state index in [1.54, 1.807) is 0 Å². The molecule has 0 aromatic heterocycles. The molecular formula is C15H10ClFN2O2. The van der Waals surface area contributed by atoms with Gasteiger partial charge < -0.3 is 10.5 Å². The van der Waals surface area contributed by atoms with Gasteiger partial charge in [-0.2, -0.15) is 5.26 Å². The van der Waals surface area contributed by atoms with Gasteiger partial charge in [0.05, 0.1) is 27.9 Å². The first-order valence-corrected chi connectivity index (χ1v) is 6.29. The third-order valence-electron chi connectivity index (χ3n) is 2.78. The molecule has 0 aliphatic carbocycles. The lowest BCUT2D eigenvalue weighted by Gasteiger charge is -2.07. The third-order valence-corrected chi connectivity index (χ3v) is 3.10. The van der Waals surface area contributed by atoms with Crippen molar-refractivity contribution in [3.05, 3.63) is 63.9 Å². The first-order chi connectivity index (χ1) is 10.0. The summed E-state index contributed by atoms with van der Waals surface area (Å²) in [6.45, 7) is -0.238. The molecule has 0 bridgehead atoms. The molecule has 0 atom stereocenters. The summed E-state index contributed by atoms with van der Waals surface area (Å²) >= 11 is 5.81. The third kappa shape index (κ3) is 3.50. The van der Waals surface area contributed by atoms with Crippen LogP contribution in [0, 0.1) is 17.1 Å². The molecule has 2 N–H and O–H groups in total. The van der Waals surface area contributed by atoms with Gasteiger partial charge in [0, 0.05) is 5.56 Å². The van der Waals surface area contributed by atoms with Crippen LogP contribution in [0.2, 0.25) is 5.02 Å². The topological polar surface area (TPSA) is 76.1 Å². The second-order valence-corrected chi connectivity index (χ2v) is 4.64. The van der Waals surface area contributed by atoms with Crippen LogP contribution in [0.1, 0.15) is 21.5 Å². The number of esters is 1. The summed E-state index contributed by atoms with van der Waals surface area (Å²) < 4.78 is 18.6. The SMILES string of the molecule is N#Cc1ccc(COC(=O)c2ccc(N)c(Cl)c2)c(F)c1. The number of carbonyl (C=O) groups excluding carboxylic acids is 1. The fraction of sp³-hybridized carbons (Fsp3) is 0.0667. The van der Waals surface area contributed by atoms with Gasteiger partial charge in [-0.3, -0.25) is 0 Å². The number of anilines is 1. The molecule has 0 aliphatic heterocycles. The number of rotatable bonds is 3. The van der Waals surface area contributed by atoms with Crippen molar-refractivity contribution in [3.8, 4) is 6.07 Å². The maximum absolute atomic E-state index is 13.6. The van der Waals surface area contributed by atoms with E-state index in [0.717, 1.165) is 6.07 Å². The monoisotopic (exact) mass is 304 g/mol. The second-order valence-electron chi connectivity index (χ2n) is 4.23. The predicted octanol–water partition coefficient (Wildman–Crippen LogP) is 3.29. The van der Waals surface area contributed by atoms with E-state index in [4.69, 9.17) is 27.3 Å². The van der Waals surface area contributed by atoms with Crippen LogP contribution in [-0.2, 0) is 11.3 Å². The van der Waals surface area contributed by atoms with E-state index in [9.17, 15) is 9.18 Å². The summed E-state index contributed by atoms with van der Waals surface area (Å²) in [6, 6.07) is 10.1. The van der Waals surface area contributed by atoms with Gasteiger partial charge in [0.1, 0.15) is 12.4 Å². The smallest absolute Gasteiger partial charge is 0.338 e. The lowest BCUT2D eigenvalue weighted by molar-refractivity contribution is 0.0469. The standard InChI is InChI=1S/C15H10ClFN2O2/c16-12-6-10(3-4-14(12)19)15(20)21-8-11-2-1-9(7-18)5-13(11)17/h1-6H,8,19H2. The minimum absolute atomic E-state index is 0.184. The molecule has 0 radical (unpaired) electrons. The molecule has 4 nitrogen and oxygen atoms in total. The number of hydrogen-bond acceptors (Lipinski definition) is 4. The van der Waals surface area contributed by atoms with Gasteiger partial charge in [-0.25, -0.2) is 9.18 Å². The van der Waals surface area contributed by atoms with Gasteiger partial charge in [0.2, 0.25) is 0 Å². The second kappa shape index (κ2) is 6.25. The molecular weight excluding hydrogens is 295 g/mol. The Morgan fingerprint density at radius 2 is 2.10 bits per heavy atom. The molecule has 0 fully saturated rings. The van der Waals surface area contributed by atoms with Crippen LogP contribution in [0.3, 0.4) is 0 Å². The van der Waals surface area contributed by atoms with Gasteiger partial charge >= 0.3 is 5.97 Å². The van der Waals surface area contributed by atoms with E-state index in [2.05, 4.69) is 0 Å². The highest BCUT2D eigenvalue weighted by atomic mass is 35.5. The fourth-order valence-corrected chi connectivity index (χ4v) is 1.80. The number of nitrogen functional groups attached to an aromatic ring is 1. The quantitative estimate of drug-likeness (QED) is 0.697. The molecule has 0 spiro atoms. The molecule has 21 heavy (non-hydrogen) atoms. The molecule has 2 rings (SSSR count). The first kappa shape index (κ1) is 14.8. The van der Waals surface area contributed by atoms with Crippen molar-refractivity contribution in [2.75, 3.05) is 5.73 Å². The van der Waals surface area contributed by atoms with Gasteiger partial charge in [-0.1, -0.05) is 17.7 Å². The predicted molar refractivity (Wildman–Crippen MR) is 76.1 cm³/mol. The number of ether oxygens (including phenoxy) is 1. The van der Waals surface area contributed by atoms with Crippen LogP contribution >= 0.6 is 11.6 Å². The van der Waals surface area contributed by atoms with E-state index in [1.807, 2.05) is 6.07 Å². The average Bonchev–Trinajstić information content (AvgIpc) is 2.48. The van der Waals surface area contributed by atoms with Gasteiger partial charge in [0.15, 0.2) is 0 Å². The zero-order valence-corrected chi connectivity index (χ0v) is 11.5. The van der Waals surface area contributed by atoms with Crippen LogP contribution < -0.4 is 5.73 Å². The van der Waals surface area contributed by atoms with Crippen LogP contribution in [0.25, 0.3) is 0 Å². The largest absolute Gasteiger partial charge is 0.457 e. The normalized spacial score (nSPS) is 9.95. The van der Waals surface area contributed by atoms with Crippen molar-refractivity contribution < 1.29 is 13.9 Å². The molecule has 0 amide bonds. The van der Waals surface area contributed by atoms with E-state index in [1.165, 1.54) is 30.3 Å². The number of nitrogens with zero attached hydrogens (tertiary/aromatic N) is 1. The molecule has 2 aromatic carbocycles. The Labute approximate surface area is 125 Å². The highest BCUT2D eigenvalue weighted by Crippen LogP contribution is 2.20. The highest BCUT2D eigenvalue weighted by molar-refractivity contribution is 6.33. The van der Waals surface area contributed by atoms with Gasteiger partial charge in [0.25, 0.3) is 0 Å². The molecule has 0 aliphatic rings. The van der Waals surface area contributed by atoms with Crippen molar-refractivity contribution in [1.82, 2.24) is 0 Å². The van der Waals surface area contributed by atoms with E-state index in [-0.39, 0.29) is 28.3 Å². The van der Waals surface area contributed by atoms with Gasteiger partial charge in [-0.15, -0.1) is 0 Å². The van der Waals surface area contributed by atoms with Crippen molar-refractivity contribution >= 4 is 23.3 Å². The van der Waals surface area contributed by atoms with Crippen LogP contribution in [0.15, 0.2) is 36.4 Å². The summed E-state index contributed by atoms with van der Waals surface area (Å²) in [5.41, 5.74) is 6.51. The zero-order valence-electron chi connectivity index (χ0n) is 10.8. The molecule has 0 heterocycles. The van der Waals surface area contributed by atoms with E-state index >= 15 is 0 Å². The summed E-state index contributed by atoms with van der Waals surface area (Å²) in [7, 11) is 0. The number of halogens is 2. The minimum Gasteiger partial charge on any atom is -0.457 e. The maximum Gasteiger partial charge on any atom is 0.338 e. The Hall–Kier alpha value is -2.58. The van der Waals surface area contributed by atoms with Crippen molar-refractivity contribution in [2.24, 2.45) is 0 Å². The number of nitrogens with two attached hydrogens (primary N) is 1. The van der Waals surface area contributed by atoms with Gasteiger partial charge in [-0.05, 0) is 30.3 Å². The minimum atomic E-state index is -0.638. The number of benzene rings is 2. The Morgan fingerprint density at radius 1 is 1.33 bits per heavy atom. The number of hydrogen-bond donors (Lipinski definition) is 1. The lowest BCUT2D eigenvalue weighted by Crippen LogP contribution is -2.06. The molecule has 2 aromatic rings.